The largest absolute Gasteiger partial charge is 0.467 e. The molecule has 10 heteroatoms. The zero-order chi connectivity index (χ0) is 21.4. The van der Waals surface area contributed by atoms with Crippen LogP contribution < -0.4 is 5.32 Å². The zero-order valence-electron chi connectivity index (χ0n) is 15.2. The van der Waals surface area contributed by atoms with Gasteiger partial charge < -0.3 is 14.2 Å². The van der Waals surface area contributed by atoms with Crippen molar-refractivity contribution < 1.29 is 31.6 Å². The minimum absolute atomic E-state index is 0.242. The van der Waals surface area contributed by atoms with Crippen molar-refractivity contribution in [3.8, 4) is 0 Å². The highest BCUT2D eigenvalue weighted by atomic mass is 19.4. The molecular weight excluding hydrogens is 403 g/mol. The summed E-state index contributed by atoms with van der Waals surface area (Å²) >= 11 is 0. The molecule has 2 aromatic heterocycles. The van der Waals surface area contributed by atoms with Crippen LogP contribution in [0.2, 0.25) is 0 Å². The lowest BCUT2D eigenvalue weighted by molar-refractivity contribution is -0.196. The molecular formula is C20H14F3N3O4. The van der Waals surface area contributed by atoms with Crippen LogP contribution in [0.1, 0.15) is 21.9 Å². The van der Waals surface area contributed by atoms with Crippen molar-refractivity contribution in [2.24, 2.45) is 4.99 Å². The Morgan fingerprint density at radius 2 is 1.73 bits per heavy atom. The number of carbonyl (C=O) groups excluding carboxylic acids is 2. The summed E-state index contributed by atoms with van der Waals surface area (Å²) in [5, 5.41) is 1.73. The fraction of sp³-hybridized carbons (Fsp3) is 0.150. The standard InChI is InChI=1S/C20H14F3N3O4/c21-20(22,23)19(25-17(27)15-9-5-11-30-15)18(28)26(12-14-8-4-10-29-14)16(24-19)13-6-2-1-3-7-13/h1-11H,12H2,(H,25,27)/t19-/m1/s1. The van der Waals surface area contributed by atoms with E-state index in [0.29, 0.717) is 0 Å². The first-order valence-electron chi connectivity index (χ1n) is 8.74. The van der Waals surface area contributed by atoms with Crippen LogP contribution in [0, 0.1) is 0 Å². The second-order valence-corrected chi connectivity index (χ2v) is 6.41. The van der Waals surface area contributed by atoms with Gasteiger partial charge in [0.2, 0.25) is 0 Å². The first-order valence-corrected chi connectivity index (χ1v) is 8.74. The average Bonchev–Trinajstić information content (AvgIpc) is 3.46. The molecule has 0 saturated carbocycles. The molecule has 1 atom stereocenters. The van der Waals surface area contributed by atoms with E-state index in [1.54, 1.807) is 29.6 Å². The molecule has 1 N–H and O–H groups in total. The number of furan rings is 2. The van der Waals surface area contributed by atoms with Crippen molar-refractivity contribution in [2.75, 3.05) is 0 Å². The number of alkyl halides is 3. The van der Waals surface area contributed by atoms with Crippen LogP contribution in [0.15, 0.2) is 81.0 Å². The van der Waals surface area contributed by atoms with Crippen LogP contribution in [0.3, 0.4) is 0 Å². The number of rotatable bonds is 5. The van der Waals surface area contributed by atoms with Gasteiger partial charge in [-0.3, -0.25) is 14.5 Å². The van der Waals surface area contributed by atoms with E-state index in [4.69, 9.17) is 8.83 Å². The van der Waals surface area contributed by atoms with Gasteiger partial charge in [0.05, 0.1) is 19.1 Å². The second kappa shape index (κ2) is 7.21. The lowest BCUT2D eigenvalue weighted by Gasteiger charge is -2.28. The van der Waals surface area contributed by atoms with Crippen LogP contribution in [0.5, 0.6) is 0 Å². The lowest BCUT2D eigenvalue weighted by Crippen LogP contribution is -2.63. The van der Waals surface area contributed by atoms with Gasteiger partial charge in [0.25, 0.3) is 11.8 Å². The maximum atomic E-state index is 14.2. The number of amides is 2. The van der Waals surface area contributed by atoms with Gasteiger partial charge in [-0.15, -0.1) is 0 Å². The molecule has 2 amide bonds. The smallest absolute Gasteiger partial charge is 0.442 e. The summed E-state index contributed by atoms with van der Waals surface area (Å²) in [4.78, 5) is 30.0. The molecule has 7 nitrogen and oxygen atoms in total. The van der Waals surface area contributed by atoms with Gasteiger partial charge in [-0.2, -0.15) is 13.2 Å². The van der Waals surface area contributed by atoms with E-state index < -0.39 is 23.7 Å². The Labute approximate surface area is 167 Å². The minimum Gasteiger partial charge on any atom is -0.467 e. The number of hydrogen-bond acceptors (Lipinski definition) is 5. The third kappa shape index (κ3) is 3.25. The van der Waals surface area contributed by atoms with Crippen LogP contribution in [0.25, 0.3) is 0 Å². The number of aliphatic imine (C=N–C) groups is 1. The number of halogens is 3. The van der Waals surface area contributed by atoms with E-state index >= 15 is 0 Å². The van der Waals surface area contributed by atoms with Crippen LogP contribution >= 0.6 is 0 Å². The predicted molar refractivity (Wildman–Crippen MR) is 97.2 cm³/mol. The highest BCUT2D eigenvalue weighted by molar-refractivity contribution is 6.16. The number of amidine groups is 1. The molecule has 0 spiro atoms. The third-order valence-corrected chi connectivity index (χ3v) is 4.46. The van der Waals surface area contributed by atoms with Gasteiger partial charge in [0.1, 0.15) is 11.6 Å². The van der Waals surface area contributed by atoms with Gasteiger partial charge in [0, 0.05) is 5.56 Å². The average molecular weight is 417 g/mol. The van der Waals surface area contributed by atoms with Crippen molar-refractivity contribution >= 4 is 17.6 Å². The number of carbonyl (C=O) groups is 2. The van der Waals surface area contributed by atoms with Crippen molar-refractivity contribution in [3.63, 3.8) is 0 Å². The Bertz CT molecular complexity index is 1080. The van der Waals surface area contributed by atoms with E-state index in [1.807, 2.05) is 0 Å². The highest BCUT2D eigenvalue weighted by Gasteiger charge is 2.67. The van der Waals surface area contributed by atoms with Gasteiger partial charge in [-0.1, -0.05) is 30.3 Å². The van der Waals surface area contributed by atoms with Crippen molar-refractivity contribution in [1.29, 1.82) is 0 Å². The second-order valence-electron chi connectivity index (χ2n) is 6.41. The number of benzene rings is 1. The zero-order valence-corrected chi connectivity index (χ0v) is 15.2. The summed E-state index contributed by atoms with van der Waals surface area (Å²) in [7, 11) is 0. The molecule has 3 heterocycles. The maximum Gasteiger partial charge on any atom is 0.442 e. The molecule has 0 bridgehead atoms. The van der Waals surface area contributed by atoms with Crippen LogP contribution in [-0.2, 0) is 11.3 Å². The van der Waals surface area contributed by atoms with E-state index in [0.717, 1.165) is 11.2 Å². The van der Waals surface area contributed by atoms with Crippen molar-refractivity contribution in [3.05, 3.63) is 84.2 Å². The molecule has 0 aliphatic carbocycles. The van der Waals surface area contributed by atoms with Crippen LogP contribution in [0.4, 0.5) is 13.2 Å². The summed E-state index contributed by atoms with van der Waals surface area (Å²) < 4.78 is 52.6. The van der Waals surface area contributed by atoms with Gasteiger partial charge in [-0.25, -0.2) is 4.99 Å². The Morgan fingerprint density at radius 1 is 1.03 bits per heavy atom. The summed E-state index contributed by atoms with van der Waals surface area (Å²) in [6.07, 6.45) is -2.75. The van der Waals surface area contributed by atoms with E-state index in [1.165, 1.54) is 36.6 Å². The van der Waals surface area contributed by atoms with Gasteiger partial charge in [0.15, 0.2) is 5.76 Å². The van der Waals surface area contributed by atoms with Gasteiger partial charge in [-0.05, 0) is 24.3 Å². The number of hydrogen-bond donors (Lipinski definition) is 1. The molecule has 4 rings (SSSR count). The Kier molecular flexibility index (Phi) is 4.69. The van der Waals surface area contributed by atoms with E-state index in [9.17, 15) is 22.8 Å². The summed E-state index contributed by atoms with van der Waals surface area (Å²) in [5.41, 5.74) is -3.23. The van der Waals surface area contributed by atoms with Gasteiger partial charge >= 0.3 is 11.8 Å². The number of nitrogens with zero attached hydrogens (tertiary/aromatic N) is 2. The normalized spacial score (nSPS) is 19.1. The molecule has 1 aliphatic rings. The Hall–Kier alpha value is -3.82. The SMILES string of the molecule is O=C(N[C@]1(C(F)(F)F)N=C(c2ccccc2)N(Cc2ccco2)C1=O)c1ccco1. The molecule has 30 heavy (non-hydrogen) atoms. The molecule has 154 valence electrons. The van der Waals surface area contributed by atoms with Crippen LogP contribution in [-0.4, -0.2) is 34.4 Å². The Morgan fingerprint density at radius 3 is 2.33 bits per heavy atom. The van der Waals surface area contributed by atoms with E-state index in [2.05, 4.69) is 4.99 Å². The van der Waals surface area contributed by atoms with Crippen molar-refractivity contribution in [2.45, 2.75) is 18.4 Å². The molecule has 0 saturated heterocycles. The molecule has 1 aliphatic heterocycles. The van der Waals surface area contributed by atoms with Crippen molar-refractivity contribution in [1.82, 2.24) is 10.2 Å². The van der Waals surface area contributed by atoms with E-state index in [-0.39, 0.29) is 29.5 Å². The topological polar surface area (TPSA) is 88.0 Å². The summed E-state index contributed by atoms with van der Waals surface area (Å²) in [5.74, 6) is -3.05. The number of nitrogens with one attached hydrogen (secondary N) is 1. The summed E-state index contributed by atoms with van der Waals surface area (Å²) in [6, 6.07) is 13.5. The Balaban J connectivity index is 1.81. The highest BCUT2D eigenvalue weighted by Crippen LogP contribution is 2.39. The minimum atomic E-state index is -5.22. The lowest BCUT2D eigenvalue weighted by atomic mass is 10.1. The molecule has 0 radical (unpaired) electrons. The fourth-order valence-electron chi connectivity index (χ4n) is 3.04. The summed E-state index contributed by atoms with van der Waals surface area (Å²) in [6.45, 7) is -0.298. The molecule has 0 fully saturated rings. The quantitative estimate of drug-likeness (QED) is 0.690. The molecule has 3 aromatic rings. The first-order chi connectivity index (χ1) is 14.3. The third-order valence-electron chi connectivity index (χ3n) is 4.46. The molecule has 0 unspecified atom stereocenters. The monoisotopic (exact) mass is 417 g/mol. The first kappa shape index (κ1) is 19.5. The maximum absolute atomic E-state index is 14.2. The predicted octanol–water partition coefficient (Wildman–Crippen LogP) is 3.35. The fourth-order valence-corrected chi connectivity index (χ4v) is 3.04. The molecule has 1 aromatic carbocycles.